The highest BCUT2D eigenvalue weighted by atomic mass is 16.5. The third-order valence-electron chi connectivity index (χ3n) is 5.49. The summed E-state index contributed by atoms with van der Waals surface area (Å²) in [5.74, 6) is -0.0962. The van der Waals surface area contributed by atoms with Crippen molar-refractivity contribution in [3.8, 4) is 0 Å². The summed E-state index contributed by atoms with van der Waals surface area (Å²) in [7, 11) is 0. The van der Waals surface area contributed by atoms with Crippen LogP contribution in [0.1, 0.15) is 43.3 Å². The Balaban J connectivity index is 1.49. The highest BCUT2D eigenvalue weighted by Gasteiger charge is 2.59. The highest BCUT2D eigenvalue weighted by molar-refractivity contribution is 5.92. The van der Waals surface area contributed by atoms with Crippen LogP contribution >= 0.6 is 0 Å². The predicted molar refractivity (Wildman–Crippen MR) is 77.4 cm³/mol. The number of nitrogens with zero attached hydrogens (tertiary/aromatic N) is 3. The van der Waals surface area contributed by atoms with Crippen LogP contribution in [0.2, 0.25) is 0 Å². The number of fused-ring (bicyclic) bond motifs is 1. The zero-order chi connectivity index (χ0) is 16.0. The quantitative estimate of drug-likeness (QED) is 0.824. The smallest absolute Gasteiger partial charge is 0.313 e. The van der Waals surface area contributed by atoms with Crippen molar-refractivity contribution in [3.63, 3.8) is 0 Å². The van der Waals surface area contributed by atoms with Crippen LogP contribution in [0.4, 0.5) is 0 Å². The lowest BCUT2D eigenvalue weighted by molar-refractivity contribution is -0.149. The van der Waals surface area contributed by atoms with Gasteiger partial charge in [-0.05, 0) is 12.8 Å². The number of rotatable bonds is 4. The summed E-state index contributed by atoms with van der Waals surface area (Å²) < 4.78 is 5.33. The maximum Gasteiger partial charge on any atom is 0.313 e. The number of hydrogen-bond donors (Lipinski definition) is 2. The number of amides is 1. The molecule has 0 spiro atoms. The van der Waals surface area contributed by atoms with E-state index in [-0.39, 0.29) is 19.0 Å². The molecule has 1 aromatic rings. The molecule has 0 unspecified atom stereocenters. The van der Waals surface area contributed by atoms with Gasteiger partial charge < -0.3 is 19.8 Å². The molecule has 2 aliphatic heterocycles. The molecule has 0 bridgehead atoms. The van der Waals surface area contributed by atoms with Crippen LogP contribution in [-0.4, -0.2) is 51.7 Å². The molecule has 1 saturated carbocycles. The second kappa shape index (κ2) is 5.30. The van der Waals surface area contributed by atoms with E-state index in [1.165, 1.54) is 12.8 Å². The molecule has 1 amide bonds. The summed E-state index contributed by atoms with van der Waals surface area (Å²) >= 11 is 0. The summed E-state index contributed by atoms with van der Waals surface area (Å²) in [6.45, 7) is 1.17. The van der Waals surface area contributed by atoms with Crippen molar-refractivity contribution in [3.05, 3.63) is 11.7 Å². The summed E-state index contributed by atoms with van der Waals surface area (Å²) in [6, 6.07) is 0. The van der Waals surface area contributed by atoms with Gasteiger partial charge in [-0.3, -0.25) is 9.59 Å². The SMILES string of the molecule is O=C1[C@@H]2CNC[C@]2(C(=O)O)CN1Cc1noc(C2CCCC2)n1. The fourth-order valence-corrected chi connectivity index (χ4v) is 4.15. The van der Waals surface area contributed by atoms with Gasteiger partial charge in [0.2, 0.25) is 11.8 Å². The standard InChI is InChI=1S/C15H20N4O4/c20-13-10-5-16-7-15(10,14(21)22)8-19(13)6-11-17-12(23-18-11)9-3-1-2-4-9/h9-10,16H,1-8H2,(H,21,22)/t10-,15-/m0/s1. The van der Waals surface area contributed by atoms with E-state index in [9.17, 15) is 14.7 Å². The van der Waals surface area contributed by atoms with Crippen LogP contribution in [0.5, 0.6) is 0 Å². The van der Waals surface area contributed by atoms with E-state index in [1.807, 2.05) is 0 Å². The van der Waals surface area contributed by atoms with Crippen molar-refractivity contribution in [2.24, 2.45) is 11.3 Å². The molecule has 2 atom stereocenters. The zero-order valence-electron chi connectivity index (χ0n) is 12.8. The molecule has 8 nitrogen and oxygen atoms in total. The molecule has 3 fully saturated rings. The monoisotopic (exact) mass is 320 g/mol. The topological polar surface area (TPSA) is 109 Å². The van der Waals surface area contributed by atoms with Crippen LogP contribution in [0, 0.1) is 11.3 Å². The third-order valence-corrected chi connectivity index (χ3v) is 5.49. The highest BCUT2D eigenvalue weighted by Crippen LogP contribution is 2.40. The van der Waals surface area contributed by atoms with Crippen molar-refractivity contribution in [2.45, 2.75) is 38.1 Å². The molecule has 0 aromatic carbocycles. The van der Waals surface area contributed by atoms with Crippen molar-refractivity contribution in [2.75, 3.05) is 19.6 Å². The maximum absolute atomic E-state index is 12.5. The summed E-state index contributed by atoms with van der Waals surface area (Å²) in [4.78, 5) is 30.1. The van der Waals surface area contributed by atoms with E-state index >= 15 is 0 Å². The first kappa shape index (κ1) is 14.6. The van der Waals surface area contributed by atoms with Crippen LogP contribution in [-0.2, 0) is 16.1 Å². The Labute approximate surface area is 133 Å². The first-order valence-electron chi connectivity index (χ1n) is 8.15. The van der Waals surface area contributed by atoms with E-state index < -0.39 is 17.3 Å². The summed E-state index contributed by atoms with van der Waals surface area (Å²) in [6.07, 6.45) is 4.51. The number of aromatic nitrogens is 2. The van der Waals surface area contributed by atoms with Gasteiger partial charge in [0.1, 0.15) is 5.41 Å². The Bertz CT molecular complexity index is 639. The normalized spacial score (nSPS) is 31.0. The summed E-state index contributed by atoms with van der Waals surface area (Å²) in [5, 5.41) is 16.6. The van der Waals surface area contributed by atoms with Gasteiger partial charge in [0.05, 0.1) is 12.5 Å². The minimum absolute atomic E-state index is 0.135. The van der Waals surface area contributed by atoms with Crippen molar-refractivity contribution >= 4 is 11.9 Å². The van der Waals surface area contributed by atoms with Crippen LogP contribution < -0.4 is 5.32 Å². The van der Waals surface area contributed by atoms with Gasteiger partial charge >= 0.3 is 5.97 Å². The maximum atomic E-state index is 12.5. The molecule has 3 aliphatic rings. The number of aliphatic carboxylic acids is 1. The van der Waals surface area contributed by atoms with Gasteiger partial charge in [-0.1, -0.05) is 18.0 Å². The van der Waals surface area contributed by atoms with Gasteiger partial charge in [-0.2, -0.15) is 4.98 Å². The molecular weight excluding hydrogens is 300 g/mol. The molecule has 2 N–H and O–H groups in total. The van der Waals surface area contributed by atoms with Gasteiger partial charge in [0.15, 0.2) is 5.82 Å². The van der Waals surface area contributed by atoms with E-state index in [2.05, 4.69) is 15.5 Å². The second-order valence-corrected chi connectivity index (χ2v) is 6.87. The van der Waals surface area contributed by atoms with E-state index in [4.69, 9.17) is 4.52 Å². The fourth-order valence-electron chi connectivity index (χ4n) is 4.15. The largest absolute Gasteiger partial charge is 0.481 e. The molecular formula is C15H20N4O4. The minimum Gasteiger partial charge on any atom is -0.481 e. The van der Waals surface area contributed by atoms with Crippen LogP contribution in [0.25, 0.3) is 0 Å². The average molecular weight is 320 g/mol. The molecule has 1 aromatic heterocycles. The van der Waals surface area contributed by atoms with Gasteiger partial charge in [0, 0.05) is 25.6 Å². The Morgan fingerprint density at radius 2 is 2.22 bits per heavy atom. The number of nitrogens with one attached hydrogen (secondary N) is 1. The molecule has 4 rings (SSSR count). The lowest BCUT2D eigenvalue weighted by Crippen LogP contribution is -2.40. The van der Waals surface area contributed by atoms with Crippen molar-refractivity contribution < 1.29 is 19.2 Å². The number of carbonyl (C=O) groups excluding carboxylic acids is 1. The van der Waals surface area contributed by atoms with Crippen LogP contribution in [0.15, 0.2) is 4.52 Å². The molecule has 8 heteroatoms. The lowest BCUT2D eigenvalue weighted by atomic mass is 9.81. The molecule has 23 heavy (non-hydrogen) atoms. The average Bonchev–Trinajstić information content (AvgIpc) is 3.27. The molecule has 124 valence electrons. The van der Waals surface area contributed by atoms with Gasteiger partial charge in [0.25, 0.3) is 0 Å². The Kier molecular flexibility index (Phi) is 3.37. The Morgan fingerprint density at radius 3 is 2.91 bits per heavy atom. The number of likely N-dealkylation sites (tertiary alicyclic amines) is 1. The van der Waals surface area contributed by atoms with Crippen LogP contribution in [0.3, 0.4) is 0 Å². The molecule has 2 saturated heterocycles. The van der Waals surface area contributed by atoms with Crippen molar-refractivity contribution in [1.29, 1.82) is 0 Å². The number of hydrogen-bond acceptors (Lipinski definition) is 6. The first-order valence-corrected chi connectivity index (χ1v) is 8.15. The van der Waals surface area contributed by atoms with E-state index in [0.29, 0.717) is 30.7 Å². The van der Waals surface area contributed by atoms with E-state index in [0.717, 1.165) is 12.8 Å². The zero-order valence-corrected chi connectivity index (χ0v) is 12.8. The fraction of sp³-hybridized carbons (Fsp3) is 0.733. The Morgan fingerprint density at radius 1 is 1.43 bits per heavy atom. The Hall–Kier alpha value is -1.96. The molecule has 3 heterocycles. The third kappa shape index (κ3) is 2.23. The van der Waals surface area contributed by atoms with Gasteiger partial charge in [-0.15, -0.1) is 0 Å². The minimum atomic E-state index is -1.02. The predicted octanol–water partition coefficient (Wildman–Crippen LogP) is 0.360. The van der Waals surface area contributed by atoms with Crippen molar-refractivity contribution in [1.82, 2.24) is 20.4 Å². The number of carboxylic acid groups (broad SMARTS) is 1. The number of carbonyl (C=O) groups is 2. The lowest BCUT2D eigenvalue weighted by Gasteiger charge is -2.21. The number of carboxylic acids is 1. The molecule has 1 aliphatic carbocycles. The first-order chi connectivity index (χ1) is 11.1. The second-order valence-electron chi connectivity index (χ2n) is 6.87. The molecule has 0 radical (unpaired) electrons. The van der Waals surface area contributed by atoms with Gasteiger partial charge in [-0.25, -0.2) is 0 Å². The summed E-state index contributed by atoms with van der Waals surface area (Å²) in [5.41, 5.74) is -1.02. The van der Waals surface area contributed by atoms with E-state index in [1.54, 1.807) is 4.90 Å².